The Morgan fingerprint density at radius 3 is 2.74 bits per heavy atom. The zero-order valence-electron chi connectivity index (χ0n) is 18.4. The van der Waals surface area contributed by atoms with Gasteiger partial charge in [-0.2, -0.15) is 0 Å². The van der Waals surface area contributed by atoms with Crippen molar-refractivity contribution < 1.29 is 23.5 Å². The van der Waals surface area contributed by atoms with E-state index in [-0.39, 0.29) is 18.1 Å². The SMILES string of the molecule is CC(C)OC(=O)Nc1ccc(N2CCC[C@@]3(CCN(C4CCOCC4)C3=O)C2)c(F)c1. The standard InChI is InChI=1S/C23H32FN3O4/c1-16(2)31-22(29)25-17-4-5-20(19(24)14-17)26-10-3-8-23(15-26)9-11-27(21(23)28)18-6-12-30-13-7-18/h4-5,14,16,18H,3,6-13,15H2,1-2H3,(H,25,29)/t23-/m1/s1. The number of carbonyl (C=O) groups excluding carboxylic acids is 2. The van der Waals surface area contributed by atoms with E-state index in [1.807, 2.05) is 4.90 Å². The molecule has 1 atom stereocenters. The van der Waals surface area contributed by atoms with Gasteiger partial charge in [-0.25, -0.2) is 9.18 Å². The number of nitrogens with zero attached hydrogens (tertiary/aromatic N) is 2. The number of piperidine rings is 1. The fraction of sp³-hybridized carbons (Fsp3) is 0.652. The second-order valence-corrected chi connectivity index (χ2v) is 9.14. The van der Waals surface area contributed by atoms with E-state index in [0.717, 1.165) is 38.6 Å². The molecule has 1 aromatic rings. The van der Waals surface area contributed by atoms with Crippen molar-refractivity contribution >= 4 is 23.4 Å². The summed E-state index contributed by atoms with van der Waals surface area (Å²) >= 11 is 0. The molecular formula is C23H32FN3O4. The Morgan fingerprint density at radius 2 is 2.03 bits per heavy atom. The maximum atomic E-state index is 14.9. The highest BCUT2D eigenvalue weighted by atomic mass is 19.1. The molecule has 1 N–H and O–H groups in total. The summed E-state index contributed by atoms with van der Waals surface area (Å²) in [6.45, 7) is 6.95. The summed E-state index contributed by atoms with van der Waals surface area (Å²) in [6.07, 6.45) is 3.46. The molecule has 3 fully saturated rings. The highest BCUT2D eigenvalue weighted by molar-refractivity contribution is 5.87. The van der Waals surface area contributed by atoms with Crippen molar-refractivity contribution in [2.75, 3.05) is 43.1 Å². The maximum absolute atomic E-state index is 14.9. The lowest BCUT2D eigenvalue weighted by molar-refractivity contribution is -0.139. The van der Waals surface area contributed by atoms with Gasteiger partial charge in [-0.3, -0.25) is 10.1 Å². The minimum atomic E-state index is -0.608. The van der Waals surface area contributed by atoms with Gasteiger partial charge in [-0.1, -0.05) is 0 Å². The lowest BCUT2D eigenvalue weighted by Gasteiger charge is -2.41. The molecule has 31 heavy (non-hydrogen) atoms. The minimum absolute atomic E-state index is 0.222. The van der Waals surface area contributed by atoms with Gasteiger partial charge in [0.25, 0.3) is 0 Å². The van der Waals surface area contributed by atoms with Crippen LogP contribution in [-0.2, 0) is 14.3 Å². The number of likely N-dealkylation sites (tertiary alicyclic amines) is 1. The van der Waals surface area contributed by atoms with Gasteiger partial charge >= 0.3 is 6.09 Å². The largest absolute Gasteiger partial charge is 0.447 e. The first-order valence-corrected chi connectivity index (χ1v) is 11.3. The van der Waals surface area contributed by atoms with Gasteiger partial charge in [0, 0.05) is 44.6 Å². The number of anilines is 2. The summed E-state index contributed by atoms with van der Waals surface area (Å²) in [4.78, 5) is 29.2. The summed E-state index contributed by atoms with van der Waals surface area (Å²) in [5, 5.41) is 2.55. The van der Waals surface area contributed by atoms with Crippen LogP contribution in [0.5, 0.6) is 0 Å². The molecule has 7 nitrogen and oxygen atoms in total. The number of rotatable bonds is 4. The fourth-order valence-corrected chi connectivity index (χ4v) is 5.11. The molecule has 2 amide bonds. The molecule has 170 valence electrons. The summed E-state index contributed by atoms with van der Waals surface area (Å²) in [5.41, 5.74) is 0.390. The quantitative estimate of drug-likeness (QED) is 0.783. The van der Waals surface area contributed by atoms with Crippen molar-refractivity contribution in [3.63, 3.8) is 0 Å². The first kappa shape index (κ1) is 21.9. The molecule has 0 bridgehead atoms. The molecule has 4 rings (SSSR count). The van der Waals surface area contributed by atoms with Crippen molar-refractivity contribution in [2.24, 2.45) is 5.41 Å². The second-order valence-electron chi connectivity index (χ2n) is 9.14. The van der Waals surface area contributed by atoms with Crippen LogP contribution >= 0.6 is 0 Å². The summed E-state index contributed by atoms with van der Waals surface area (Å²) in [5.74, 6) is -0.189. The van der Waals surface area contributed by atoms with E-state index in [2.05, 4.69) is 10.2 Å². The lowest BCUT2D eigenvalue weighted by atomic mass is 9.78. The first-order valence-electron chi connectivity index (χ1n) is 11.3. The van der Waals surface area contributed by atoms with Crippen molar-refractivity contribution in [3.8, 4) is 0 Å². The van der Waals surface area contributed by atoms with E-state index in [9.17, 15) is 14.0 Å². The third-order valence-corrected chi connectivity index (χ3v) is 6.63. The van der Waals surface area contributed by atoms with Crippen LogP contribution in [0.4, 0.5) is 20.6 Å². The highest BCUT2D eigenvalue weighted by Crippen LogP contribution is 2.43. The lowest BCUT2D eigenvalue weighted by Crippen LogP contribution is -2.50. The molecule has 3 aliphatic heterocycles. The van der Waals surface area contributed by atoms with Gasteiger partial charge in [-0.05, 0) is 64.2 Å². The van der Waals surface area contributed by atoms with E-state index < -0.39 is 17.3 Å². The molecule has 3 saturated heterocycles. The topological polar surface area (TPSA) is 71.1 Å². The Hall–Kier alpha value is -2.35. The van der Waals surface area contributed by atoms with Crippen LogP contribution in [0.1, 0.15) is 46.0 Å². The van der Waals surface area contributed by atoms with Crippen LogP contribution in [0.25, 0.3) is 0 Å². The monoisotopic (exact) mass is 433 g/mol. The first-order chi connectivity index (χ1) is 14.9. The van der Waals surface area contributed by atoms with Crippen molar-refractivity contribution in [1.82, 2.24) is 4.90 Å². The molecule has 3 heterocycles. The van der Waals surface area contributed by atoms with Crippen LogP contribution in [0, 0.1) is 11.2 Å². The molecule has 8 heteroatoms. The minimum Gasteiger partial charge on any atom is -0.447 e. The molecule has 3 aliphatic rings. The van der Waals surface area contributed by atoms with Gasteiger partial charge < -0.3 is 19.3 Å². The number of amides is 2. The second kappa shape index (κ2) is 9.02. The molecule has 0 aromatic heterocycles. The van der Waals surface area contributed by atoms with Crippen molar-refractivity contribution in [3.05, 3.63) is 24.0 Å². The van der Waals surface area contributed by atoms with Crippen molar-refractivity contribution in [1.29, 1.82) is 0 Å². The number of nitrogens with one attached hydrogen (secondary N) is 1. The third-order valence-electron chi connectivity index (χ3n) is 6.63. The molecule has 0 unspecified atom stereocenters. The van der Waals surface area contributed by atoms with Crippen LogP contribution in [0.3, 0.4) is 0 Å². The van der Waals surface area contributed by atoms with Gasteiger partial charge in [-0.15, -0.1) is 0 Å². The number of benzene rings is 1. The third kappa shape index (κ3) is 4.63. The van der Waals surface area contributed by atoms with Crippen LogP contribution in [0.2, 0.25) is 0 Å². The summed E-state index contributed by atoms with van der Waals surface area (Å²) < 4.78 is 25.4. The number of hydrogen-bond donors (Lipinski definition) is 1. The van der Waals surface area contributed by atoms with E-state index in [0.29, 0.717) is 37.7 Å². The zero-order chi connectivity index (χ0) is 22.0. The van der Waals surface area contributed by atoms with Gasteiger partial charge in [0.05, 0.1) is 17.2 Å². The Kier molecular flexibility index (Phi) is 6.36. The van der Waals surface area contributed by atoms with E-state index in [1.54, 1.807) is 26.0 Å². The number of halogens is 1. The molecular weight excluding hydrogens is 401 g/mol. The predicted molar refractivity (Wildman–Crippen MR) is 116 cm³/mol. The smallest absolute Gasteiger partial charge is 0.411 e. The summed E-state index contributed by atoms with van der Waals surface area (Å²) in [6, 6.07) is 4.92. The predicted octanol–water partition coefficient (Wildman–Crippen LogP) is 3.78. The van der Waals surface area contributed by atoms with Crippen LogP contribution < -0.4 is 10.2 Å². The fourth-order valence-electron chi connectivity index (χ4n) is 5.11. The van der Waals surface area contributed by atoms with Gasteiger partial charge in [0.2, 0.25) is 5.91 Å². The Bertz CT molecular complexity index is 827. The molecule has 0 radical (unpaired) electrons. The highest BCUT2D eigenvalue weighted by Gasteiger charge is 2.50. The Balaban J connectivity index is 1.45. The molecule has 1 spiro atoms. The molecule has 0 saturated carbocycles. The zero-order valence-corrected chi connectivity index (χ0v) is 18.4. The average molecular weight is 434 g/mol. The number of hydrogen-bond acceptors (Lipinski definition) is 5. The van der Waals surface area contributed by atoms with E-state index in [4.69, 9.17) is 9.47 Å². The van der Waals surface area contributed by atoms with E-state index >= 15 is 0 Å². The van der Waals surface area contributed by atoms with Crippen molar-refractivity contribution in [2.45, 2.75) is 58.1 Å². The van der Waals surface area contributed by atoms with Crippen LogP contribution in [0.15, 0.2) is 18.2 Å². The molecule has 0 aliphatic carbocycles. The number of ether oxygens (including phenoxy) is 2. The van der Waals surface area contributed by atoms with Crippen LogP contribution in [-0.4, -0.2) is 61.9 Å². The van der Waals surface area contributed by atoms with Gasteiger partial charge in [0.15, 0.2) is 0 Å². The average Bonchev–Trinajstić information content (AvgIpc) is 3.03. The maximum Gasteiger partial charge on any atom is 0.411 e. The van der Waals surface area contributed by atoms with E-state index in [1.165, 1.54) is 6.07 Å². The normalized spacial score (nSPS) is 24.8. The summed E-state index contributed by atoms with van der Waals surface area (Å²) in [7, 11) is 0. The molecule has 1 aromatic carbocycles. The number of carbonyl (C=O) groups is 2. The Morgan fingerprint density at radius 1 is 1.26 bits per heavy atom. The van der Waals surface area contributed by atoms with Gasteiger partial charge in [0.1, 0.15) is 5.82 Å². The Labute approximate surface area is 182 Å².